The molecule has 1 heterocycles. The first-order valence-corrected chi connectivity index (χ1v) is 7.14. The van der Waals surface area contributed by atoms with Crippen LogP contribution in [0.15, 0.2) is 0 Å². The molecule has 2 fully saturated rings. The predicted molar refractivity (Wildman–Crippen MR) is 71.3 cm³/mol. The number of hydrogen-bond acceptors (Lipinski definition) is 4. The number of morpholine rings is 1. The van der Waals surface area contributed by atoms with E-state index in [2.05, 4.69) is 23.2 Å². The largest absolute Gasteiger partial charge is 0.379 e. The minimum atomic E-state index is -0.337. The van der Waals surface area contributed by atoms with Gasteiger partial charge in [0.05, 0.1) is 19.3 Å². The second kappa shape index (κ2) is 6.01. The van der Waals surface area contributed by atoms with Crippen molar-refractivity contribution in [2.24, 2.45) is 0 Å². The summed E-state index contributed by atoms with van der Waals surface area (Å²) in [5.41, 5.74) is -0.337. The first kappa shape index (κ1) is 13.8. The molecule has 1 saturated carbocycles. The third kappa shape index (κ3) is 3.94. The van der Waals surface area contributed by atoms with Gasteiger partial charge in [0.15, 0.2) is 0 Å². The van der Waals surface area contributed by atoms with E-state index >= 15 is 0 Å². The van der Waals surface area contributed by atoms with Crippen molar-refractivity contribution < 1.29 is 4.74 Å². The number of nitriles is 1. The van der Waals surface area contributed by atoms with Crippen molar-refractivity contribution in [3.8, 4) is 6.07 Å². The maximum atomic E-state index is 9.30. The molecule has 2 atom stereocenters. The Hall–Kier alpha value is -0.630. The summed E-state index contributed by atoms with van der Waals surface area (Å²) in [6.07, 6.45) is 4.48. The number of ether oxygens (including phenoxy) is 1. The molecule has 1 aliphatic carbocycles. The van der Waals surface area contributed by atoms with E-state index in [1.807, 2.05) is 6.92 Å². The fourth-order valence-electron chi connectivity index (χ4n) is 2.57. The van der Waals surface area contributed by atoms with Crippen molar-refractivity contribution in [2.75, 3.05) is 26.3 Å². The topological polar surface area (TPSA) is 48.3 Å². The van der Waals surface area contributed by atoms with E-state index in [1.165, 1.54) is 12.8 Å². The van der Waals surface area contributed by atoms with E-state index in [1.54, 1.807) is 0 Å². The summed E-state index contributed by atoms with van der Waals surface area (Å²) in [7, 11) is 0. The van der Waals surface area contributed by atoms with Gasteiger partial charge in [-0.25, -0.2) is 0 Å². The van der Waals surface area contributed by atoms with Gasteiger partial charge in [0.1, 0.15) is 5.54 Å². The molecule has 1 aliphatic heterocycles. The molecule has 0 aromatic carbocycles. The number of nitrogens with zero attached hydrogens (tertiary/aromatic N) is 2. The van der Waals surface area contributed by atoms with Crippen molar-refractivity contribution in [1.29, 1.82) is 5.26 Å². The van der Waals surface area contributed by atoms with Gasteiger partial charge in [-0.2, -0.15) is 5.26 Å². The van der Waals surface area contributed by atoms with E-state index in [0.717, 1.165) is 39.1 Å². The van der Waals surface area contributed by atoms with Crippen LogP contribution in [0.1, 0.15) is 39.5 Å². The molecule has 0 amide bonds. The third-order valence-electron chi connectivity index (χ3n) is 3.97. The lowest BCUT2D eigenvalue weighted by molar-refractivity contribution is -0.00135. The van der Waals surface area contributed by atoms with Gasteiger partial charge in [0.25, 0.3) is 0 Å². The molecule has 4 heteroatoms. The fourth-order valence-corrected chi connectivity index (χ4v) is 2.57. The van der Waals surface area contributed by atoms with Crippen LogP contribution in [-0.2, 0) is 4.74 Å². The second-order valence-electron chi connectivity index (χ2n) is 5.93. The van der Waals surface area contributed by atoms with Crippen LogP contribution < -0.4 is 5.32 Å². The van der Waals surface area contributed by atoms with E-state index in [-0.39, 0.29) is 5.54 Å². The van der Waals surface area contributed by atoms with E-state index in [4.69, 9.17) is 4.74 Å². The smallest absolute Gasteiger partial charge is 0.104 e. The van der Waals surface area contributed by atoms with Crippen LogP contribution in [0.25, 0.3) is 0 Å². The van der Waals surface area contributed by atoms with Crippen LogP contribution in [0, 0.1) is 11.3 Å². The van der Waals surface area contributed by atoms with Gasteiger partial charge in [-0.05, 0) is 46.1 Å². The first-order chi connectivity index (χ1) is 8.63. The normalized spacial score (nSPS) is 28.6. The van der Waals surface area contributed by atoms with Crippen molar-refractivity contribution >= 4 is 0 Å². The fraction of sp³-hybridized carbons (Fsp3) is 0.929. The predicted octanol–water partition coefficient (Wildman–Crippen LogP) is 1.52. The van der Waals surface area contributed by atoms with Crippen LogP contribution in [0.4, 0.5) is 0 Å². The van der Waals surface area contributed by atoms with Crippen LogP contribution in [0.3, 0.4) is 0 Å². The summed E-state index contributed by atoms with van der Waals surface area (Å²) in [4.78, 5) is 2.47. The van der Waals surface area contributed by atoms with Crippen LogP contribution in [-0.4, -0.2) is 48.8 Å². The van der Waals surface area contributed by atoms with Crippen LogP contribution >= 0.6 is 0 Å². The molecular formula is C14H25N3O. The molecule has 1 saturated heterocycles. The molecule has 0 aromatic heterocycles. The van der Waals surface area contributed by atoms with Gasteiger partial charge in [-0.15, -0.1) is 0 Å². The molecule has 0 radical (unpaired) electrons. The number of hydrogen-bond donors (Lipinski definition) is 1. The Labute approximate surface area is 110 Å². The average molecular weight is 251 g/mol. The molecule has 18 heavy (non-hydrogen) atoms. The summed E-state index contributed by atoms with van der Waals surface area (Å²) in [6.45, 7) is 8.05. The molecular weight excluding hydrogens is 226 g/mol. The lowest BCUT2D eigenvalue weighted by atomic mass is 9.97. The standard InChI is InChI=1S/C14H25N3O/c1-12-10-18-9-8-17(12)7-3-6-14(2,11-15)16-13-4-5-13/h12-13,16H,3-10H2,1-2H3. The summed E-state index contributed by atoms with van der Waals surface area (Å²) < 4.78 is 5.43. The molecule has 4 nitrogen and oxygen atoms in total. The van der Waals surface area contributed by atoms with Gasteiger partial charge in [0.2, 0.25) is 0 Å². The Balaban J connectivity index is 1.70. The monoisotopic (exact) mass is 251 g/mol. The Kier molecular flexibility index (Phi) is 4.60. The number of rotatable bonds is 6. The van der Waals surface area contributed by atoms with Crippen LogP contribution in [0.2, 0.25) is 0 Å². The van der Waals surface area contributed by atoms with Crippen molar-refractivity contribution in [1.82, 2.24) is 10.2 Å². The van der Waals surface area contributed by atoms with Gasteiger partial charge in [-0.3, -0.25) is 10.2 Å². The van der Waals surface area contributed by atoms with Gasteiger partial charge < -0.3 is 4.74 Å². The third-order valence-corrected chi connectivity index (χ3v) is 3.97. The highest BCUT2D eigenvalue weighted by atomic mass is 16.5. The Bertz CT molecular complexity index is 311. The zero-order valence-corrected chi connectivity index (χ0v) is 11.6. The van der Waals surface area contributed by atoms with Gasteiger partial charge in [-0.1, -0.05) is 0 Å². The Morgan fingerprint density at radius 2 is 2.28 bits per heavy atom. The summed E-state index contributed by atoms with van der Waals surface area (Å²) in [5.74, 6) is 0. The second-order valence-corrected chi connectivity index (χ2v) is 5.93. The SMILES string of the molecule is CC1COCCN1CCCC(C)(C#N)NC1CC1. The minimum Gasteiger partial charge on any atom is -0.379 e. The Morgan fingerprint density at radius 3 is 2.89 bits per heavy atom. The van der Waals surface area contributed by atoms with Crippen molar-refractivity contribution in [2.45, 2.75) is 57.2 Å². The van der Waals surface area contributed by atoms with Gasteiger partial charge in [0, 0.05) is 18.6 Å². The van der Waals surface area contributed by atoms with Gasteiger partial charge >= 0.3 is 0 Å². The molecule has 1 N–H and O–H groups in total. The van der Waals surface area contributed by atoms with Crippen molar-refractivity contribution in [3.05, 3.63) is 0 Å². The molecule has 2 aliphatic rings. The lowest BCUT2D eigenvalue weighted by Gasteiger charge is -2.34. The maximum Gasteiger partial charge on any atom is 0.104 e. The molecule has 0 aromatic rings. The highest BCUT2D eigenvalue weighted by Crippen LogP contribution is 2.24. The molecule has 0 spiro atoms. The molecule has 102 valence electrons. The Morgan fingerprint density at radius 1 is 1.50 bits per heavy atom. The zero-order valence-electron chi connectivity index (χ0n) is 11.6. The highest BCUT2D eigenvalue weighted by Gasteiger charge is 2.32. The average Bonchev–Trinajstić information content (AvgIpc) is 3.15. The van der Waals surface area contributed by atoms with E-state index in [0.29, 0.717) is 12.1 Å². The first-order valence-electron chi connectivity index (χ1n) is 7.14. The van der Waals surface area contributed by atoms with E-state index < -0.39 is 0 Å². The quantitative estimate of drug-likeness (QED) is 0.777. The lowest BCUT2D eigenvalue weighted by Crippen LogP contribution is -2.46. The maximum absolute atomic E-state index is 9.30. The molecule has 0 bridgehead atoms. The number of nitrogens with one attached hydrogen (secondary N) is 1. The highest BCUT2D eigenvalue weighted by molar-refractivity contribution is 5.07. The summed E-state index contributed by atoms with van der Waals surface area (Å²) >= 11 is 0. The summed E-state index contributed by atoms with van der Waals surface area (Å²) in [5, 5.41) is 12.8. The van der Waals surface area contributed by atoms with Crippen LogP contribution in [0.5, 0.6) is 0 Å². The minimum absolute atomic E-state index is 0.337. The van der Waals surface area contributed by atoms with Crippen molar-refractivity contribution in [3.63, 3.8) is 0 Å². The molecule has 2 rings (SSSR count). The zero-order chi connectivity index (χ0) is 13.0. The summed E-state index contributed by atoms with van der Waals surface area (Å²) in [6, 6.07) is 3.56. The molecule has 2 unspecified atom stereocenters. The van der Waals surface area contributed by atoms with E-state index in [9.17, 15) is 5.26 Å².